The highest BCUT2D eigenvalue weighted by atomic mass is 16.6. The van der Waals surface area contributed by atoms with Crippen LogP contribution >= 0.6 is 0 Å². The number of amides is 2. The maximum atomic E-state index is 11.9. The molecule has 0 spiro atoms. The van der Waals surface area contributed by atoms with Crippen LogP contribution in [0, 0.1) is 0 Å². The molecule has 1 heterocycles. The third-order valence-electron chi connectivity index (χ3n) is 3.41. The van der Waals surface area contributed by atoms with Crippen LogP contribution in [0.4, 0.5) is 4.79 Å². The highest BCUT2D eigenvalue weighted by molar-refractivity contribution is 5.78. The maximum absolute atomic E-state index is 11.9. The molecule has 0 aliphatic carbocycles. The molecule has 1 saturated heterocycles. The molecule has 0 radical (unpaired) electrons. The van der Waals surface area contributed by atoms with Gasteiger partial charge in [-0.3, -0.25) is 9.69 Å². The molecule has 6 heteroatoms. The molecular weight excluding hydrogens is 270 g/mol. The van der Waals surface area contributed by atoms with Crippen LogP contribution < -0.4 is 5.32 Å². The van der Waals surface area contributed by atoms with E-state index in [-0.39, 0.29) is 18.0 Å². The zero-order valence-electron chi connectivity index (χ0n) is 13.9. The van der Waals surface area contributed by atoms with Crippen molar-refractivity contribution in [3.05, 3.63) is 0 Å². The molecule has 2 amide bonds. The third-order valence-corrected chi connectivity index (χ3v) is 3.41. The normalized spacial score (nSPS) is 18.2. The van der Waals surface area contributed by atoms with Crippen LogP contribution in [0.5, 0.6) is 0 Å². The first-order valence-corrected chi connectivity index (χ1v) is 7.71. The van der Waals surface area contributed by atoms with Crippen molar-refractivity contribution in [2.75, 3.05) is 32.7 Å². The van der Waals surface area contributed by atoms with Crippen molar-refractivity contribution in [2.45, 2.75) is 52.7 Å². The summed E-state index contributed by atoms with van der Waals surface area (Å²) in [5.41, 5.74) is -0.468. The van der Waals surface area contributed by atoms with E-state index in [4.69, 9.17) is 4.74 Å². The zero-order valence-corrected chi connectivity index (χ0v) is 13.9. The van der Waals surface area contributed by atoms with Gasteiger partial charge in [0.15, 0.2) is 0 Å². The molecule has 0 aromatic heterocycles. The van der Waals surface area contributed by atoms with Crippen LogP contribution in [0.25, 0.3) is 0 Å². The van der Waals surface area contributed by atoms with Gasteiger partial charge in [0.25, 0.3) is 0 Å². The molecule has 1 N–H and O–H groups in total. The largest absolute Gasteiger partial charge is 0.444 e. The lowest BCUT2D eigenvalue weighted by atomic mass is 10.2. The molecule has 1 atom stereocenters. The van der Waals surface area contributed by atoms with E-state index in [0.29, 0.717) is 32.7 Å². The Labute approximate surface area is 127 Å². The van der Waals surface area contributed by atoms with Crippen LogP contribution in [0.3, 0.4) is 0 Å². The fourth-order valence-electron chi connectivity index (χ4n) is 2.04. The summed E-state index contributed by atoms with van der Waals surface area (Å²) in [6, 6.07) is 0.209. The molecule has 122 valence electrons. The smallest absolute Gasteiger partial charge is 0.410 e. The number of piperazine rings is 1. The second-order valence-electron chi connectivity index (χ2n) is 6.62. The molecular formula is C15H29N3O3. The summed E-state index contributed by atoms with van der Waals surface area (Å²) in [5.74, 6) is 0.0510. The van der Waals surface area contributed by atoms with Gasteiger partial charge in [0.05, 0.1) is 6.54 Å². The van der Waals surface area contributed by atoms with Gasteiger partial charge in [-0.25, -0.2) is 4.79 Å². The number of rotatable bonds is 4. The first-order chi connectivity index (χ1) is 9.71. The van der Waals surface area contributed by atoms with Crippen molar-refractivity contribution in [1.82, 2.24) is 15.1 Å². The molecule has 1 aliphatic rings. The summed E-state index contributed by atoms with van der Waals surface area (Å²) >= 11 is 0. The fraction of sp³-hybridized carbons (Fsp3) is 0.867. The van der Waals surface area contributed by atoms with Gasteiger partial charge in [0, 0.05) is 32.2 Å². The molecule has 1 fully saturated rings. The summed E-state index contributed by atoms with van der Waals surface area (Å²) in [6.07, 6.45) is 0.657. The van der Waals surface area contributed by atoms with Crippen molar-refractivity contribution in [3.63, 3.8) is 0 Å². The number of hydrogen-bond donors (Lipinski definition) is 1. The van der Waals surface area contributed by atoms with Crippen LogP contribution in [0.1, 0.15) is 41.0 Å². The average molecular weight is 299 g/mol. The molecule has 1 rings (SSSR count). The lowest BCUT2D eigenvalue weighted by Crippen LogP contribution is -2.52. The standard InChI is InChI=1S/C15H29N3O3/c1-6-12(2)16-13(19)11-17-7-9-18(10-8-17)14(20)21-15(3,4)5/h12H,6-11H2,1-5H3,(H,16,19). The highest BCUT2D eigenvalue weighted by Gasteiger charge is 2.26. The number of carbonyl (C=O) groups excluding carboxylic acids is 2. The minimum absolute atomic E-state index is 0.0510. The van der Waals surface area contributed by atoms with Gasteiger partial charge in [0.1, 0.15) is 5.60 Å². The number of carbonyl (C=O) groups is 2. The predicted octanol–water partition coefficient (Wildman–Crippen LogP) is 1.45. The second-order valence-corrected chi connectivity index (χ2v) is 6.62. The van der Waals surface area contributed by atoms with Crippen molar-refractivity contribution in [3.8, 4) is 0 Å². The Hall–Kier alpha value is -1.30. The lowest BCUT2D eigenvalue weighted by molar-refractivity contribution is -0.123. The van der Waals surface area contributed by atoms with Crippen LogP contribution in [-0.4, -0.2) is 66.2 Å². The maximum Gasteiger partial charge on any atom is 0.410 e. The Balaban J connectivity index is 2.32. The van der Waals surface area contributed by atoms with Gasteiger partial charge in [0.2, 0.25) is 5.91 Å². The summed E-state index contributed by atoms with van der Waals surface area (Å²) in [7, 11) is 0. The Morgan fingerprint density at radius 1 is 1.19 bits per heavy atom. The van der Waals surface area contributed by atoms with Crippen molar-refractivity contribution in [1.29, 1.82) is 0 Å². The number of nitrogens with one attached hydrogen (secondary N) is 1. The Morgan fingerprint density at radius 2 is 1.76 bits per heavy atom. The van der Waals surface area contributed by atoms with Gasteiger partial charge < -0.3 is 15.0 Å². The highest BCUT2D eigenvalue weighted by Crippen LogP contribution is 2.11. The van der Waals surface area contributed by atoms with Crippen molar-refractivity contribution in [2.24, 2.45) is 0 Å². The summed E-state index contributed by atoms with van der Waals surface area (Å²) in [4.78, 5) is 27.5. The molecule has 1 unspecified atom stereocenters. The quantitative estimate of drug-likeness (QED) is 0.853. The van der Waals surface area contributed by atoms with E-state index >= 15 is 0 Å². The number of ether oxygens (including phenoxy) is 1. The summed E-state index contributed by atoms with van der Waals surface area (Å²) in [6.45, 7) is 12.6. The first-order valence-electron chi connectivity index (χ1n) is 7.71. The van der Waals surface area contributed by atoms with Crippen LogP contribution in [-0.2, 0) is 9.53 Å². The molecule has 6 nitrogen and oxygen atoms in total. The van der Waals surface area contributed by atoms with Gasteiger partial charge in [-0.05, 0) is 34.1 Å². The summed E-state index contributed by atoms with van der Waals surface area (Å²) < 4.78 is 5.35. The average Bonchev–Trinajstić information content (AvgIpc) is 2.37. The van der Waals surface area contributed by atoms with Crippen molar-refractivity contribution < 1.29 is 14.3 Å². The minimum atomic E-state index is -0.468. The van der Waals surface area contributed by atoms with E-state index in [9.17, 15) is 9.59 Å². The van der Waals surface area contributed by atoms with Crippen LogP contribution in [0.2, 0.25) is 0 Å². The van der Waals surface area contributed by atoms with Crippen LogP contribution in [0.15, 0.2) is 0 Å². The Bertz CT molecular complexity index is 358. The number of hydrogen-bond acceptors (Lipinski definition) is 4. The van der Waals surface area contributed by atoms with Crippen molar-refractivity contribution >= 4 is 12.0 Å². The fourth-order valence-corrected chi connectivity index (χ4v) is 2.04. The topological polar surface area (TPSA) is 61.9 Å². The monoisotopic (exact) mass is 299 g/mol. The van der Waals surface area contributed by atoms with Gasteiger partial charge in [-0.2, -0.15) is 0 Å². The van der Waals surface area contributed by atoms with E-state index in [2.05, 4.69) is 10.2 Å². The van der Waals surface area contributed by atoms with E-state index < -0.39 is 5.60 Å². The Kier molecular flexibility index (Phi) is 6.45. The second kappa shape index (κ2) is 7.64. The molecule has 21 heavy (non-hydrogen) atoms. The van der Waals surface area contributed by atoms with Gasteiger partial charge in [-0.1, -0.05) is 6.92 Å². The van der Waals surface area contributed by atoms with E-state index in [1.165, 1.54) is 0 Å². The Morgan fingerprint density at radius 3 is 2.24 bits per heavy atom. The van der Waals surface area contributed by atoms with E-state index in [1.807, 2.05) is 34.6 Å². The molecule has 0 bridgehead atoms. The molecule has 0 aromatic rings. The van der Waals surface area contributed by atoms with Gasteiger partial charge in [-0.15, -0.1) is 0 Å². The van der Waals surface area contributed by atoms with E-state index in [0.717, 1.165) is 6.42 Å². The lowest BCUT2D eigenvalue weighted by Gasteiger charge is -2.35. The zero-order chi connectivity index (χ0) is 16.0. The molecule has 1 aliphatic heterocycles. The molecule has 0 aromatic carbocycles. The van der Waals surface area contributed by atoms with Gasteiger partial charge >= 0.3 is 6.09 Å². The summed E-state index contributed by atoms with van der Waals surface area (Å²) in [5, 5.41) is 2.96. The molecule has 0 saturated carbocycles. The predicted molar refractivity (Wildman–Crippen MR) is 82.1 cm³/mol. The third kappa shape index (κ3) is 6.80. The van der Waals surface area contributed by atoms with E-state index in [1.54, 1.807) is 4.90 Å². The first kappa shape index (κ1) is 17.8. The number of nitrogens with zero attached hydrogens (tertiary/aromatic N) is 2. The SMILES string of the molecule is CCC(C)NC(=O)CN1CCN(C(=O)OC(C)(C)C)CC1. The minimum Gasteiger partial charge on any atom is -0.444 e.